The predicted octanol–water partition coefficient (Wildman–Crippen LogP) is 3.60. The summed E-state index contributed by atoms with van der Waals surface area (Å²) in [6, 6.07) is 5.31. The van der Waals surface area contributed by atoms with Crippen molar-refractivity contribution in [3.63, 3.8) is 0 Å². The van der Waals surface area contributed by atoms with E-state index in [1.807, 2.05) is 32.0 Å². The lowest BCUT2D eigenvalue weighted by Gasteiger charge is -2.19. The molecule has 108 valence electrons. The number of carbonyl (C=O) groups is 1. The van der Waals surface area contributed by atoms with E-state index in [1.54, 1.807) is 11.9 Å². The molecule has 0 bridgehead atoms. The van der Waals surface area contributed by atoms with Crippen LogP contribution in [-0.4, -0.2) is 23.1 Å². The summed E-state index contributed by atoms with van der Waals surface area (Å²) in [6.45, 7) is 4.15. The Morgan fingerprint density at radius 3 is 2.90 bits per heavy atom. The molecule has 20 heavy (non-hydrogen) atoms. The molecular weight excluding hydrogens is 298 g/mol. The summed E-state index contributed by atoms with van der Waals surface area (Å²) >= 11 is 7.35. The molecule has 0 fully saturated rings. The Bertz CT molecular complexity index is 596. The van der Waals surface area contributed by atoms with Gasteiger partial charge < -0.3 is 14.7 Å². The van der Waals surface area contributed by atoms with E-state index in [-0.39, 0.29) is 12.1 Å². The zero-order chi connectivity index (χ0) is 14.7. The molecule has 0 aliphatic heterocycles. The molecule has 2 heterocycles. The van der Waals surface area contributed by atoms with Crippen LogP contribution in [0.1, 0.15) is 29.3 Å². The fourth-order valence-corrected chi connectivity index (χ4v) is 2.80. The highest BCUT2D eigenvalue weighted by molar-refractivity contribution is 7.16. The fraction of sp³-hybridized carbons (Fsp3) is 0.385. The highest BCUT2D eigenvalue weighted by Gasteiger charge is 2.16. The largest absolute Gasteiger partial charge is 0.361 e. The van der Waals surface area contributed by atoms with Crippen molar-refractivity contribution >= 4 is 29.0 Å². The summed E-state index contributed by atoms with van der Waals surface area (Å²) in [5.74, 6) is 0.732. The van der Waals surface area contributed by atoms with Gasteiger partial charge in [-0.2, -0.15) is 0 Å². The van der Waals surface area contributed by atoms with Crippen molar-refractivity contribution in [3.05, 3.63) is 38.9 Å². The maximum Gasteiger partial charge on any atom is 0.317 e. The van der Waals surface area contributed by atoms with Gasteiger partial charge in [0.2, 0.25) is 0 Å². The van der Waals surface area contributed by atoms with Crippen LogP contribution < -0.4 is 5.32 Å². The molecule has 1 N–H and O–H groups in total. The van der Waals surface area contributed by atoms with Crippen molar-refractivity contribution in [3.8, 4) is 0 Å². The zero-order valence-electron chi connectivity index (χ0n) is 11.5. The summed E-state index contributed by atoms with van der Waals surface area (Å²) in [5.41, 5.74) is 0.729. The van der Waals surface area contributed by atoms with Crippen molar-refractivity contribution in [2.24, 2.45) is 0 Å². The molecule has 5 nitrogen and oxygen atoms in total. The Morgan fingerprint density at radius 2 is 2.35 bits per heavy atom. The van der Waals surface area contributed by atoms with Crippen LogP contribution in [0, 0.1) is 6.92 Å². The SMILES string of the molecule is Cc1cc(CN(C)C(=O)N[C@@H](C)c2ccc(Cl)s2)no1. The van der Waals surface area contributed by atoms with Gasteiger partial charge in [-0.15, -0.1) is 11.3 Å². The number of amides is 2. The predicted molar refractivity (Wildman–Crippen MR) is 79.0 cm³/mol. The number of carbonyl (C=O) groups excluding carboxylic acids is 1. The second-order valence-corrected chi connectivity index (χ2v) is 6.34. The number of aromatic nitrogens is 1. The van der Waals surface area contributed by atoms with Gasteiger partial charge in [-0.25, -0.2) is 4.79 Å². The summed E-state index contributed by atoms with van der Waals surface area (Å²) in [6.07, 6.45) is 0. The highest BCUT2D eigenvalue weighted by Crippen LogP contribution is 2.26. The highest BCUT2D eigenvalue weighted by atomic mass is 35.5. The third-order valence-corrected chi connectivity index (χ3v) is 4.20. The maximum atomic E-state index is 12.1. The smallest absolute Gasteiger partial charge is 0.317 e. The summed E-state index contributed by atoms with van der Waals surface area (Å²) in [5, 5.41) is 6.78. The van der Waals surface area contributed by atoms with Gasteiger partial charge in [0.1, 0.15) is 11.5 Å². The fourth-order valence-electron chi connectivity index (χ4n) is 1.73. The molecule has 0 aliphatic carbocycles. The standard InChI is InChI=1S/C13H16ClN3O2S/c1-8-6-10(16-19-8)7-17(3)13(18)15-9(2)11-4-5-12(14)20-11/h4-6,9H,7H2,1-3H3,(H,15,18)/t9-/m0/s1. The Kier molecular flexibility index (Phi) is 4.67. The molecule has 0 aromatic carbocycles. The monoisotopic (exact) mass is 313 g/mol. The van der Waals surface area contributed by atoms with Crippen molar-refractivity contribution in [2.75, 3.05) is 7.05 Å². The van der Waals surface area contributed by atoms with Crippen LogP contribution in [0.4, 0.5) is 4.79 Å². The Morgan fingerprint density at radius 1 is 1.60 bits per heavy atom. The third kappa shape index (κ3) is 3.74. The molecule has 0 radical (unpaired) electrons. The molecule has 2 rings (SSSR count). The first-order valence-electron chi connectivity index (χ1n) is 6.14. The number of thiophene rings is 1. The number of halogens is 1. The van der Waals surface area contributed by atoms with Gasteiger partial charge in [0.05, 0.1) is 16.9 Å². The molecule has 2 amide bonds. The lowest BCUT2D eigenvalue weighted by molar-refractivity contribution is 0.202. The first kappa shape index (κ1) is 14.9. The van der Waals surface area contributed by atoms with Crippen molar-refractivity contribution in [1.82, 2.24) is 15.4 Å². The Labute approximate surface area is 126 Å². The summed E-state index contributed by atoms with van der Waals surface area (Å²) in [7, 11) is 1.72. The maximum absolute atomic E-state index is 12.1. The second-order valence-electron chi connectivity index (χ2n) is 4.60. The number of aryl methyl sites for hydroxylation is 1. The lowest BCUT2D eigenvalue weighted by Crippen LogP contribution is -2.38. The zero-order valence-corrected chi connectivity index (χ0v) is 13.1. The van der Waals surface area contributed by atoms with E-state index in [2.05, 4.69) is 10.5 Å². The van der Waals surface area contributed by atoms with Gasteiger partial charge in [-0.05, 0) is 26.0 Å². The van der Waals surface area contributed by atoms with E-state index in [0.29, 0.717) is 10.9 Å². The minimum absolute atomic E-state index is 0.0819. The molecule has 0 unspecified atom stereocenters. The van der Waals surface area contributed by atoms with Gasteiger partial charge in [0.25, 0.3) is 0 Å². The van der Waals surface area contributed by atoms with Crippen LogP contribution in [0.3, 0.4) is 0 Å². The average molecular weight is 314 g/mol. The normalized spacial score (nSPS) is 12.2. The number of nitrogens with one attached hydrogen (secondary N) is 1. The Hall–Kier alpha value is -1.53. The first-order chi connectivity index (χ1) is 9.45. The van der Waals surface area contributed by atoms with E-state index in [0.717, 1.165) is 16.3 Å². The lowest BCUT2D eigenvalue weighted by atomic mass is 10.3. The second kappa shape index (κ2) is 6.28. The third-order valence-electron chi connectivity index (χ3n) is 2.78. The molecule has 0 saturated carbocycles. The minimum Gasteiger partial charge on any atom is -0.361 e. The van der Waals surface area contributed by atoms with Crippen molar-refractivity contribution in [2.45, 2.75) is 26.4 Å². The topological polar surface area (TPSA) is 58.4 Å². The molecule has 0 aliphatic rings. The molecule has 0 spiro atoms. The van der Waals surface area contributed by atoms with Crippen LogP contribution in [0.15, 0.2) is 22.7 Å². The first-order valence-corrected chi connectivity index (χ1v) is 7.34. The number of nitrogens with zero attached hydrogens (tertiary/aromatic N) is 2. The van der Waals surface area contributed by atoms with Gasteiger partial charge in [-0.3, -0.25) is 0 Å². The van der Waals surface area contributed by atoms with Gasteiger partial charge in [-0.1, -0.05) is 16.8 Å². The summed E-state index contributed by atoms with van der Waals surface area (Å²) in [4.78, 5) is 14.7. The van der Waals surface area contributed by atoms with Crippen LogP contribution in [0.5, 0.6) is 0 Å². The van der Waals surface area contributed by atoms with Crippen molar-refractivity contribution < 1.29 is 9.32 Å². The van der Waals surface area contributed by atoms with Crippen LogP contribution in [0.25, 0.3) is 0 Å². The summed E-state index contributed by atoms with van der Waals surface area (Å²) < 4.78 is 5.69. The van der Waals surface area contributed by atoms with E-state index in [1.165, 1.54) is 11.3 Å². The van der Waals surface area contributed by atoms with E-state index < -0.39 is 0 Å². The quantitative estimate of drug-likeness (QED) is 0.938. The van der Waals surface area contributed by atoms with Gasteiger partial charge in [0.15, 0.2) is 0 Å². The molecule has 1 atom stereocenters. The van der Waals surface area contributed by atoms with E-state index >= 15 is 0 Å². The van der Waals surface area contributed by atoms with Crippen LogP contribution in [-0.2, 0) is 6.54 Å². The number of hydrogen-bond acceptors (Lipinski definition) is 4. The molecule has 2 aromatic rings. The number of urea groups is 1. The van der Waals surface area contributed by atoms with Crippen LogP contribution in [0.2, 0.25) is 4.34 Å². The molecule has 0 saturated heterocycles. The minimum atomic E-state index is -0.164. The Balaban J connectivity index is 1.90. The molecular formula is C13H16ClN3O2S. The molecule has 2 aromatic heterocycles. The van der Waals surface area contributed by atoms with Crippen molar-refractivity contribution in [1.29, 1.82) is 0 Å². The van der Waals surface area contributed by atoms with Crippen LogP contribution >= 0.6 is 22.9 Å². The number of rotatable bonds is 4. The van der Waals surface area contributed by atoms with E-state index in [4.69, 9.17) is 16.1 Å². The molecule has 7 heteroatoms. The van der Waals surface area contributed by atoms with Gasteiger partial charge in [0, 0.05) is 18.0 Å². The number of hydrogen-bond donors (Lipinski definition) is 1. The van der Waals surface area contributed by atoms with Gasteiger partial charge >= 0.3 is 6.03 Å². The average Bonchev–Trinajstić information content (AvgIpc) is 2.98. The van der Waals surface area contributed by atoms with E-state index in [9.17, 15) is 4.79 Å².